The van der Waals surface area contributed by atoms with Crippen molar-refractivity contribution in [3.05, 3.63) is 63.6 Å². The van der Waals surface area contributed by atoms with Gasteiger partial charge >= 0.3 is 0 Å². The predicted molar refractivity (Wildman–Crippen MR) is 118 cm³/mol. The fourth-order valence-electron chi connectivity index (χ4n) is 3.55. The van der Waals surface area contributed by atoms with E-state index in [1.54, 1.807) is 6.07 Å². The van der Waals surface area contributed by atoms with E-state index in [1.165, 1.54) is 5.56 Å². The molecule has 0 N–H and O–H groups in total. The van der Waals surface area contributed by atoms with Crippen LogP contribution in [0.4, 0.5) is 0 Å². The van der Waals surface area contributed by atoms with Gasteiger partial charge < -0.3 is 9.64 Å². The first-order chi connectivity index (χ1) is 13.8. The van der Waals surface area contributed by atoms with Crippen molar-refractivity contribution in [1.29, 1.82) is 0 Å². The van der Waals surface area contributed by atoms with E-state index in [4.69, 9.17) is 27.9 Å². The Morgan fingerprint density at radius 1 is 1.10 bits per heavy atom. The van der Waals surface area contributed by atoms with Crippen molar-refractivity contribution in [3.8, 4) is 5.75 Å². The largest absolute Gasteiger partial charge is 0.489 e. The highest BCUT2D eigenvalue weighted by Gasteiger charge is 2.34. The molecular weight excluding hydrogens is 407 g/mol. The summed E-state index contributed by atoms with van der Waals surface area (Å²) in [4.78, 5) is 16.6. The Hall–Kier alpha value is -1.75. The molecule has 0 aliphatic carbocycles. The van der Waals surface area contributed by atoms with Crippen LogP contribution in [-0.4, -0.2) is 42.4 Å². The SMILES string of the molecule is CC(C)CN(C)C(=O)C1CN(Cc2ccc(OCc3ccc(Cl)c(Cl)c3)cc2)C1. The number of nitrogens with zero attached hydrogens (tertiary/aromatic N) is 2. The molecule has 0 bridgehead atoms. The summed E-state index contributed by atoms with van der Waals surface area (Å²) in [5.74, 6) is 1.71. The van der Waals surface area contributed by atoms with Gasteiger partial charge in [0.1, 0.15) is 12.4 Å². The number of amides is 1. The number of benzene rings is 2. The summed E-state index contributed by atoms with van der Waals surface area (Å²) >= 11 is 12.0. The molecule has 1 heterocycles. The number of rotatable bonds is 8. The minimum atomic E-state index is 0.132. The normalized spacial score (nSPS) is 14.7. The smallest absolute Gasteiger partial charge is 0.228 e. The maximum absolute atomic E-state index is 12.4. The first-order valence-corrected chi connectivity index (χ1v) is 10.7. The zero-order chi connectivity index (χ0) is 21.0. The second-order valence-electron chi connectivity index (χ2n) is 8.18. The van der Waals surface area contributed by atoms with Crippen LogP contribution in [0.1, 0.15) is 25.0 Å². The summed E-state index contributed by atoms with van der Waals surface area (Å²) in [7, 11) is 1.90. The molecule has 4 nitrogen and oxygen atoms in total. The highest BCUT2D eigenvalue weighted by molar-refractivity contribution is 6.42. The molecule has 2 aromatic carbocycles. The van der Waals surface area contributed by atoms with Gasteiger partial charge in [-0.15, -0.1) is 0 Å². The van der Waals surface area contributed by atoms with Crippen molar-refractivity contribution in [3.63, 3.8) is 0 Å². The fourth-order valence-corrected chi connectivity index (χ4v) is 3.87. The van der Waals surface area contributed by atoms with Crippen LogP contribution in [0.2, 0.25) is 10.0 Å². The minimum absolute atomic E-state index is 0.132. The van der Waals surface area contributed by atoms with Gasteiger partial charge in [-0.2, -0.15) is 0 Å². The topological polar surface area (TPSA) is 32.8 Å². The third-order valence-corrected chi connectivity index (χ3v) is 5.78. The monoisotopic (exact) mass is 434 g/mol. The van der Waals surface area contributed by atoms with Crippen LogP contribution >= 0.6 is 23.2 Å². The highest BCUT2D eigenvalue weighted by atomic mass is 35.5. The van der Waals surface area contributed by atoms with Crippen molar-refractivity contribution in [1.82, 2.24) is 9.80 Å². The standard InChI is InChI=1S/C23H28Cl2N2O2/c1-16(2)11-26(3)23(28)19-13-27(14-19)12-17-4-7-20(8-5-17)29-15-18-6-9-21(24)22(25)10-18/h4-10,16,19H,11-15H2,1-3H3. The Labute approximate surface area is 183 Å². The molecule has 0 radical (unpaired) electrons. The van der Waals surface area contributed by atoms with Crippen LogP contribution < -0.4 is 4.74 Å². The van der Waals surface area contributed by atoms with E-state index in [0.29, 0.717) is 22.6 Å². The molecule has 0 atom stereocenters. The quantitative estimate of drug-likeness (QED) is 0.577. The maximum atomic E-state index is 12.4. The number of likely N-dealkylation sites (tertiary alicyclic amines) is 1. The molecular formula is C23H28Cl2N2O2. The summed E-state index contributed by atoms with van der Waals surface area (Å²) < 4.78 is 5.83. The van der Waals surface area contributed by atoms with E-state index >= 15 is 0 Å². The second-order valence-corrected chi connectivity index (χ2v) is 9.00. The molecule has 0 saturated carbocycles. The summed E-state index contributed by atoms with van der Waals surface area (Å²) in [6, 6.07) is 13.6. The van der Waals surface area contributed by atoms with Crippen molar-refractivity contribution in [2.45, 2.75) is 27.0 Å². The molecule has 156 valence electrons. The third kappa shape index (κ3) is 6.11. The Kier molecular flexibility index (Phi) is 7.44. The fraction of sp³-hybridized carbons (Fsp3) is 0.435. The van der Waals surface area contributed by atoms with Crippen LogP contribution in [0, 0.1) is 11.8 Å². The molecule has 6 heteroatoms. The average Bonchev–Trinajstić information content (AvgIpc) is 2.65. The van der Waals surface area contributed by atoms with Gasteiger partial charge in [0.05, 0.1) is 16.0 Å². The number of ether oxygens (including phenoxy) is 1. The van der Waals surface area contributed by atoms with Gasteiger partial charge in [0.25, 0.3) is 0 Å². The van der Waals surface area contributed by atoms with Crippen molar-refractivity contribution in [2.24, 2.45) is 11.8 Å². The lowest BCUT2D eigenvalue weighted by Gasteiger charge is -2.40. The molecule has 1 aliphatic rings. The lowest BCUT2D eigenvalue weighted by atomic mass is 9.97. The van der Waals surface area contributed by atoms with Crippen LogP contribution in [0.15, 0.2) is 42.5 Å². The predicted octanol–water partition coefficient (Wildman–Crippen LogP) is 5.12. The zero-order valence-corrected chi connectivity index (χ0v) is 18.7. The summed E-state index contributed by atoms with van der Waals surface area (Å²) in [5.41, 5.74) is 2.19. The first kappa shape index (κ1) is 21.9. The Morgan fingerprint density at radius 2 is 1.76 bits per heavy atom. The van der Waals surface area contributed by atoms with E-state index in [2.05, 4.69) is 30.9 Å². The van der Waals surface area contributed by atoms with Gasteiger partial charge in [-0.25, -0.2) is 0 Å². The van der Waals surface area contributed by atoms with E-state index in [9.17, 15) is 4.79 Å². The van der Waals surface area contributed by atoms with E-state index in [1.807, 2.05) is 36.2 Å². The minimum Gasteiger partial charge on any atom is -0.489 e. The molecule has 1 fully saturated rings. The van der Waals surface area contributed by atoms with Gasteiger partial charge in [0.2, 0.25) is 5.91 Å². The first-order valence-electron chi connectivity index (χ1n) is 9.95. The maximum Gasteiger partial charge on any atom is 0.228 e. The summed E-state index contributed by atoms with van der Waals surface area (Å²) in [6.07, 6.45) is 0. The Balaban J connectivity index is 1.43. The van der Waals surface area contributed by atoms with Crippen molar-refractivity contribution < 1.29 is 9.53 Å². The van der Waals surface area contributed by atoms with E-state index in [-0.39, 0.29) is 11.8 Å². The molecule has 2 aromatic rings. The number of halogens is 2. The van der Waals surface area contributed by atoms with Gasteiger partial charge in [-0.05, 0) is 41.3 Å². The van der Waals surface area contributed by atoms with Crippen molar-refractivity contribution >= 4 is 29.1 Å². The number of carbonyl (C=O) groups excluding carboxylic acids is 1. The van der Waals surface area contributed by atoms with Crippen molar-refractivity contribution in [2.75, 3.05) is 26.7 Å². The van der Waals surface area contributed by atoms with Gasteiger partial charge in [0.15, 0.2) is 0 Å². The lowest BCUT2D eigenvalue weighted by Crippen LogP contribution is -2.53. The average molecular weight is 435 g/mol. The van der Waals surface area contributed by atoms with E-state index < -0.39 is 0 Å². The number of carbonyl (C=O) groups is 1. The summed E-state index contributed by atoms with van der Waals surface area (Å²) in [5, 5.41) is 1.08. The van der Waals surface area contributed by atoms with Crippen LogP contribution in [-0.2, 0) is 17.9 Å². The molecule has 0 aromatic heterocycles. The molecule has 3 rings (SSSR count). The van der Waals surface area contributed by atoms with Crippen LogP contribution in [0.5, 0.6) is 5.75 Å². The van der Waals surface area contributed by atoms with Gasteiger partial charge in [-0.3, -0.25) is 9.69 Å². The molecule has 29 heavy (non-hydrogen) atoms. The molecule has 0 unspecified atom stereocenters. The van der Waals surface area contributed by atoms with E-state index in [0.717, 1.165) is 37.5 Å². The summed E-state index contributed by atoms with van der Waals surface area (Å²) in [6.45, 7) is 8.04. The van der Waals surface area contributed by atoms with Crippen LogP contribution in [0.25, 0.3) is 0 Å². The number of hydrogen-bond donors (Lipinski definition) is 0. The molecule has 0 spiro atoms. The lowest BCUT2D eigenvalue weighted by molar-refractivity contribution is -0.140. The third-order valence-electron chi connectivity index (χ3n) is 5.04. The zero-order valence-electron chi connectivity index (χ0n) is 17.2. The molecule has 1 amide bonds. The Bertz CT molecular complexity index is 833. The molecule has 1 saturated heterocycles. The Morgan fingerprint density at radius 3 is 2.38 bits per heavy atom. The number of hydrogen-bond acceptors (Lipinski definition) is 3. The second kappa shape index (κ2) is 9.84. The van der Waals surface area contributed by atoms with Crippen LogP contribution in [0.3, 0.4) is 0 Å². The molecule has 1 aliphatic heterocycles. The highest BCUT2D eigenvalue weighted by Crippen LogP contribution is 2.24. The van der Waals surface area contributed by atoms with Gasteiger partial charge in [-0.1, -0.05) is 55.2 Å². The van der Waals surface area contributed by atoms with Gasteiger partial charge in [0, 0.05) is 33.2 Å².